The Bertz CT molecular complexity index is 598. The largest absolute Gasteiger partial charge is 0.513 e. The Kier molecular flexibility index (Phi) is 4.23. The van der Waals surface area contributed by atoms with E-state index in [4.69, 9.17) is 9.47 Å². The van der Waals surface area contributed by atoms with Crippen molar-refractivity contribution in [1.82, 2.24) is 0 Å². The molecule has 0 aliphatic heterocycles. The Morgan fingerprint density at radius 3 is 2.45 bits per heavy atom. The van der Waals surface area contributed by atoms with Crippen LogP contribution < -0.4 is 10.2 Å². The maximum atomic E-state index is 13.4. The van der Waals surface area contributed by atoms with Crippen LogP contribution in [0.1, 0.15) is 6.92 Å². The fourth-order valence-corrected chi connectivity index (χ4v) is 2.20. The third kappa shape index (κ3) is 3.07. The van der Waals surface area contributed by atoms with Gasteiger partial charge in [-0.1, -0.05) is 35.8 Å². The molecule has 2 aromatic carbocycles. The second-order valence-electron chi connectivity index (χ2n) is 4.66. The first-order valence-electron chi connectivity index (χ1n) is 6.30. The van der Waals surface area contributed by atoms with Crippen LogP contribution in [0, 0.1) is 0 Å². The fourth-order valence-electron chi connectivity index (χ4n) is 2.20. The predicted octanol–water partition coefficient (Wildman–Crippen LogP) is 3.31. The number of benzene rings is 2. The van der Waals surface area contributed by atoms with E-state index in [0.717, 1.165) is 0 Å². The molecule has 0 aromatic heterocycles. The van der Waals surface area contributed by atoms with Gasteiger partial charge < -0.3 is 22.4 Å². The molecule has 2 nitrogen and oxygen atoms in total. The number of fused-ring (bicyclic) bond motifs is 1. The van der Waals surface area contributed by atoms with Crippen LogP contribution in [-0.4, -0.2) is 26.8 Å². The first-order valence-corrected chi connectivity index (χ1v) is 6.30. The van der Waals surface area contributed by atoms with Crippen LogP contribution in [0.4, 0.5) is 12.9 Å². The Labute approximate surface area is 115 Å². The smallest absolute Gasteiger partial charge is 0.491 e. The first kappa shape index (κ1) is 14.7. The lowest BCUT2D eigenvalue weighted by molar-refractivity contribution is 0.0926. The van der Waals surface area contributed by atoms with Crippen LogP contribution >= 0.6 is 0 Å². The Morgan fingerprint density at radius 1 is 1.10 bits per heavy atom. The highest BCUT2D eigenvalue weighted by atomic mass is 19.4. The van der Waals surface area contributed by atoms with E-state index in [0.29, 0.717) is 5.39 Å². The number of halogens is 3. The molecule has 0 N–H and O–H groups in total. The standard InChI is InChI=1S/C14H15BF3O2/c1-10(9-19-2)20-13-8-7-11-5-3-4-6-12(11)14(13)15(16,17)18/h3-8,10H,9H2,1-2H3/q-1. The number of ether oxygens (including phenoxy) is 2. The molecule has 0 radical (unpaired) electrons. The molecule has 0 amide bonds. The van der Waals surface area contributed by atoms with Crippen molar-refractivity contribution in [3.8, 4) is 5.75 Å². The molecule has 0 aliphatic rings. The molecule has 0 saturated carbocycles. The van der Waals surface area contributed by atoms with Crippen LogP contribution in [0.5, 0.6) is 5.75 Å². The third-order valence-corrected chi connectivity index (χ3v) is 2.99. The van der Waals surface area contributed by atoms with Gasteiger partial charge in [0.25, 0.3) is 0 Å². The molecule has 0 heterocycles. The van der Waals surface area contributed by atoms with Gasteiger partial charge >= 0.3 is 6.98 Å². The second-order valence-corrected chi connectivity index (χ2v) is 4.66. The summed E-state index contributed by atoms with van der Waals surface area (Å²) in [5.41, 5.74) is -0.675. The summed E-state index contributed by atoms with van der Waals surface area (Å²) < 4.78 is 50.4. The molecule has 0 bridgehead atoms. The van der Waals surface area contributed by atoms with Gasteiger partial charge in [0.1, 0.15) is 6.10 Å². The van der Waals surface area contributed by atoms with Gasteiger partial charge in [0, 0.05) is 7.11 Å². The van der Waals surface area contributed by atoms with E-state index in [1.54, 1.807) is 31.2 Å². The lowest BCUT2D eigenvalue weighted by Gasteiger charge is -2.24. The fraction of sp³-hybridized carbons (Fsp3) is 0.286. The molecule has 20 heavy (non-hydrogen) atoms. The van der Waals surface area contributed by atoms with Gasteiger partial charge in [-0.15, -0.1) is 0 Å². The molecule has 2 aromatic rings. The average Bonchev–Trinajstić information content (AvgIpc) is 2.37. The predicted molar refractivity (Wildman–Crippen MR) is 74.6 cm³/mol. The van der Waals surface area contributed by atoms with Crippen molar-refractivity contribution in [2.75, 3.05) is 13.7 Å². The molecule has 0 fully saturated rings. The van der Waals surface area contributed by atoms with E-state index in [2.05, 4.69) is 0 Å². The summed E-state index contributed by atoms with van der Waals surface area (Å²) in [6.07, 6.45) is -0.446. The molecular formula is C14H15BF3O2-. The van der Waals surface area contributed by atoms with E-state index >= 15 is 0 Å². The van der Waals surface area contributed by atoms with E-state index in [-0.39, 0.29) is 17.7 Å². The molecule has 6 heteroatoms. The zero-order valence-corrected chi connectivity index (χ0v) is 11.3. The third-order valence-electron chi connectivity index (χ3n) is 2.99. The van der Waals surface area contributed by atoms with Gasteiger partial charge in [-0.25, -0.2) is 0 Å². The molecule has 1 unspecified atom stereocenters. The first-order chi connectivity index (χ1) is 9.43. The molecule has 108 valence electrons. The summed E-state index contributed by atoms with van der Waals surface area (Å²) >= 11 is 0. The summed E-state index contributed by atoms with van der Waals surface area (Å²) in [5, 5.41) is 0.718. The Balaban J connectivity index is 2.54. The van der Waals surface area contributed by atoms with Crippen LogP contribution in [0.3, 0.4) is 0 Å². The number of rotatable bonds is 5. The minimum Gasteiger partial charge on any atom is -0.491 e. The van der Waals surface area contributed by atoms with E-state index < -0.39 is 18.5 Å². The molecule has 0 aliphatic carbocycles. The van der Waals surface area contributed by atoms with Crippen LogP contribution in [-0.2, 0) is 4.74 Å². The molecule has 0 spiro atoms. The monoisotopic (exact) mass is 283 g/mol. The van der Waals surface area contributed by atoms with E-state index in [1.807, 2.05) is 0 Å². The highest BCUT2D eigenvalue weighted by molar-refractivity contribution is 6.76. The van der Waals surface area contributed by atoms with Crippen LogP contribution in [0.25, 0.3) is 10.8 Å². The normalized spacial score (nSPS) is 13.4. The number of hydrogen-bond acceptors (Lipinski definition) is 2. The summed E-state index contributed by atoms with van der Waals surface area (Å²) in [5.74, 6) is -0.138. The van der Waals surface area contributed by atoms with Gasteiger partial charge in [0.05, 0.1) is 12.4 Å². The Hall–Kier alpha value is -1.69. The van der Waals surface area contributed by atoms with Crippen molar-refractivity contribution in [3.63, 3.8) is 0 Å². The highest BCUT2D eigenvalue weighted by Gasteiger charge is 2.31. The summed E-state index contributed by atoms with van der Waals surface area (Å²) in [6.45, 7) is -3.25. The SMILES string of the molecule is COCC(C)Oc1ccc2ccccc2c1[B-](F)(F)F. The van der Waals surface area contributed by atoms with Gasteiger partial charge in [-0.2, -0.15) is 0 Å². The van der Waals surface area contributed by atoms with Crippen molar-refractivity contribution in [2.24, 2.45) is 0 Å². The number of hydrogen-bond donors (Lipinski definition) is 0. The van der Waals surface area contributed by atoms with Crippen LogP contribution in [0.15, 0.2) is 36.4 Å². The second kappa shape index (κ2) is 5.75. The number of methoxy groups -OCH3 is 1. The lowest BCUT2D eigenvalue weighted by atomic mass is 9.76. The maximum Gasteiger partial charge on any atom is 0.513 e. The minimum absolute atomic E-state index is 0.138. The van der Waals surface area contributed by atoms with Crippen LogP contribution in [0.2, 0.25) is 0 Å². The van der Waals surface area contributed by atoms with Gasteiger partial charge in [0.15, 0.2) is 0 Å². The van der Waals surface area contributed by atoms with E-state index in [1.165, 1.54) is 19.2 Å². The summed E-state index contributed by atoms with van der Waals surface area (Å²) in [4.78, 5) is 0. The zero-order valence-electron chi connectivity index (χ0n) is 11.3. The van der Waals surface area contributed by atoms with Crippen molar-refractivity contribution in [1.29, 1.82) is 0 Å². The summed E-state index contributed by atoms with van der Waals surface area (Å²) in [6, 6.07) is 9.44. The van der Waals surface area contributed by atoms with Crippen molar-refractivity contribution < 1.29 is 22.4 Å². The quantitative estimate of drug-likeness (QED) is 0.784. The van der Waals surface area contributed by atoms with Crippen molar-refractivity contribution >= 4 is 23.2 Å². The molecule has 2 rings (SSSR count). The van der Waals surface area contributed by atoms with Crippen molar-refractivity contribution in [2.45, 2.75) is 13.0 Å². The topological polar surface area (TPSA) is 18.5 Å². The van der Waals surface area contributed by atoms with Gasteiger partial charge in [0.2, 0.25) is 0 Å². The lowest BCUT2D eigenvalue weighted by Crippen LogP contribution is -2.37. The zero-order chi connectivity index (χ0) is 14.8. The van der Waals surface area contributed by atoms with Gasteiger partial charge in [-0.3, -0.25) is 0 Å². The van der Waals surface area contributed by atoms with Gasteiger partial charge in [-0.05, 0) is 23.8 Å². The summed E-state index contributed by atoms with van der Waals surface area (Å²) in [7, 11) is 1.48. The average molecular weight is 283 g/mol. The van der Waals surface area contributed by atoms with Crippen molar-refractivity contribution in [3.05, 3.63) is 36.4 Å². The minimum atomic E-state index is -5.16. The molecular weight excluding hydrogens is 268 g/mol. The molecule has 0 saturated heterocycles. The Morgan fingerprint density at radius 2 is 1.80 bits per heavy atom. The molecule has 1 atom stereocenters. The highest BCUT2D eigenvalue weighted by Crippen LogP contribution is 2.25. The maximum absolute atomic E-state index is 13.4. The van der Waals surface area contributed by atoms with E-state index in [9.17, 15) is 12.9 Å².